The molecule has 132 valence electrons. The van der Waals surface area contributed by atoms with Crippen LogP contribution in [0.4, 0.5) is 5.69 Å². The van der Waals surface area contributed by atoms with Gasteiger partial charge in [-0.2, -0.15) is 5.10 Å². The van der Waals surface area contributed by atoms with E-state index in [-0.39, 0.29) is 11.9 Å². The summed E-state index contributed by atoms with van der Waals surface area (Å²) in [5.74, 6) is 1.20. The third-order valence-corrected chi connectivity index (χ3v) is 4.74. The average Bonchev–Trinajstić information content (AvgIpc) is 3.17. The zero-order valence-corrected chi connectivity index (χ0v) is 14.4. The van der Waals surface area contributed by atoms with Gasteiger partial charge in [-0.15, -0.1) is 0 Å². The Bertz CT molecular complexity index is 738. The molecule has 0 unspecified atom stereocenters. The van der Waals surface area contributed by atoms with Crippen LogP contribution in [0, 0.1) is 5.92 Å². The Morgan fingerprint density at radius 1 is 1.32 bits per heavy atom. The quantitative estimate of drug-likeness (QED) is 0.864. The summed E-state index contributed by atoms with van der Waals surface area (Å²) >= 11 is 0. The maximum atomic E-state index is 12.4. The number of amides is 1. The molecule has 1 saturated carbocycles. The third kappa shape index (κ3) is 3.92. The predicted octanol–water partition coefficient (Wildman–Crippen LogP) is 1.61. The normalized spacial score (nSPS) is 19.9. The average molecular weight is 341 g/mol. The number of nitrogens with one attached hydrogen (secondary N) is 1. The molecule has 1 saturated heterocycles. The van der Waals surface area contributed by atoms with Crippen molar-refractivity contribution in [3.8, 4) is 5.88 Å². The molecule has 2 aromatic rings. The Balaban J connectivity index is 1.29. The molecule has 7 heteroatoms. The van der Waals surface area contributed by atoms with Gasteiger partial charge in [-0.25, -0.2) is 4.98 Å². The summed E-state index contributed by atoms with van der Waals surface area (Å²) in [6, 6.07) is 3.69. The molecule has 2 fully saturated rings. The van der Waals surface area contributed by atoms with E-state index in [0.29, 0.717) is 17.4 Å². The first-order chi connectivity index (χ1) is 12.2. The summed E-state index contributed by atoms with van der Waals surface area (Å²) in [5, 5.41) is 7.29. The number of carbonyl (C=O) groups is 1. The van der Waals surface area contributed by atoms with Gasteiger partial charge in [0, 0.05) is 44.6 Å². The van der Waals surface area contributed by atoms with Gasteiger partial charge in [0.2, 0.25) is 5.88 Å². The molecule has 3 heterocycles. The molecule has 1 N–H and O–H groups in total. The van der Waals surface area contributed by atoms with Crippen LogP contribution >= 0.6 is 0 Å². The second-order valence-electron chi connectivity index (χ2n) is 6.92. The molecule has 1 amide bonds. The maximum Gasteiger partial charge on any atom is 0.253 e. The molecular formula is C18H23N5O2. The lowest BCUT2D eigenvalue weighted by Gasteiger charge is -2.16. The lowest BCUT2D eigenvalue weighted by atomic mass is 10.2. The highest BCUT2D eigenvalue weighted by Gasteiger charge is 2.25. The van der Waals surface area contributed by atoms with Crippen LogP contribution in [0.25, 0.3) is 0 Å². The minimum atomic E-state index is -0.0840. The van der Waals surface area contributed by atoms with Crippen molar-refractivity contribution in [2.75, 3.05) is 24.6 Å². The summed E-state index contributed by atoms with van der Waals surface area (Å²) in [6.07, 6.45) is 8.86. The van der Waals surface area contributed by atoms with Crippen LogP contribution in [0.15, 0.2) is 30.7 Å². The van der Waals surface area contributed by atoms with Crippen molar-refractivity contribution in [3.63, 3.8) is 0 Å². The number of pyridine rings is 1. The second kappa shape index (κ2) is 6.74. The summed E-state index contributed by atoms with van der Waals surface area (Å²) in [4.78, 5) is 18.9. The SMILES string of the molecule is Cn1cc(N2CC[C@@H](NC(=O)c3ccc(OCC4CC4)nc3)C2)cn1. The summed E-state index contributed by atoms with van der Waals surface area (Å²) < 4.78 is 7.40. The Hall–Kier alpha value is -2.57. The Morgan fingerprint density at radius 2 is 2.20 bits per heavy atom. The van der Waals surface area contributed by atoms with Gasteiger partial charge in [0.05, 0.1) is 24.1 Å². The number of rotatable bonds is 6. The third-order valence-electron chi connectivity index (χ3n) is 4.74. The van der Waals surface area contributed by atoms with Gasteiger partial charge in [0.25, 0.3) is 5.91 Å². The van der Waals surface area contributed by atoms with Crippen LogP contribution in [-0.2, 0) is 7.05 Å². The minimum Gasteiger partial charge on any atom is -0.477 e. The van der Waals surface area contributed by atoms with E-state index in [1.807, 2.05) is 19.4 Å². The van der Waals surface area contributed by atoms with E-state index in [4.69, 9.17) is 4.74 Å². The number of anilines is 1. The van der Waals surface area contributed by atoms with Gasteiger partial charge in [0.15, 0.2) is 0 Å². The molecule has 1 atom stereocenters. The van der Waals surface area contributed by atoms with Gasteiger partial charge in [-0.3, -0.25) is 9.48 Å². The Morgan fingerprint density at radius 3 is 2.88 bits per heavy atom. The molecule has 25 heavy (non-hydrogen) atoms. The number of nitrogens with zero attached hydrogens (tertiary/aromatic N) is 4. The van der Waals surface area contributed by atoms with Crippen LogP contribution in [0.5, 0.6) is 5.88 Å². The monoisotopic (exact) mass is 341 g/mol. The molecule has 0 spiro atoms. The number of carbonyl (C=O) groups excluding carboxylic acids is 1. The van der Waals surface area contributed by atoms with Crippen molar-refractivity contribution in [2.45, 2.75) is 25.3 Å². The minimum absolute atomic E-state index is 0.0840. The van der Waals surface area contributed by atoms with E-state index in [1.165, 1.54) is 12.8 Å². The Labute approximate surface area is 147 Å². The van der Waals surface area contributed by atoms with Crippen molar-refractivity contribution in [1.29, 1.82) is 0 Å². The zero-order chi connectivity index (χ0) is 17.2. The zero-order valence-electron chi connectivity index (χ0n) is 14.4. The number of ether oxygens (including phenoxy) is 1. The van der Waals surface area contributed by atoms with Crippen LogP contribution in [0.3, 0.4) is 0 Å². The van der Waals surface area contributed by atoms with Crippen molar-refractivity contribution in [3.05, 3.63) is 36.3 Å². The summed E-state index contributed by atoms with van der Waals surface area (Å²) in [5.41, 5.74) is 1.66. The molecule has 1 aliphatic carbocycles. The fourth-order valence-electron chi connectivity index (χ4n) is 3.04. The number of aryl methyl sites for hydroxylation is 1. The lowest BCUT2D eigenvalue weighted by molar-refractivity contribution is 0.0940. The van der Waals surface area contributed by atoms with Crippen LogP contribution in [0.1, 0.15) is 29.6 Å². The predicted molar refractivity (Wildman–Crippen MR) is 93.7 cm³/mol. The molecule has 0 bridgehead atoms. The molecule has 0 radical (unpaired) electrons. The smallest absolute Gasteiger partial charge is 0.253 e. The molecule has 2 aliphatic rings. The van der Waals surface area contributed by atoms with Crippen LogP contribution in [0.2, 0.25) is 0 Å². The number of aromatic nitrogens is 3. The van der Waals surface area contributed by atoms with E-state index in [9.17, 15) is 4.79 Å². The van der Waals surface area contributed by atoms with Crippen molar-refractivity contribution >= 4 is 11.6 Å². The largest absolute Gasteiger partial charge is 0.477 e. The van der Waals surface area contributed by atoms with E-state index >= 15 is 0 Å². The summed E-state index contributed by atoms with van der Waals surface area (Å²) in [7, 11) is 1.91. The van der Waals surface area contributed by atoms with Gasteiger partial charge < -0.3 is 15.0 Å². The van der Waals surface area contributed by atoms with E-state index in [2.05, 4.69) is 20.3 Å². The first-order valence-electron chi connectivity index (χ1n) is 8.81. The molecule has 1 aliphatic heterocycles. The van der Waals surface area contributed by atoms with Gasteiger partial charge in [0.1, 0.15) is 0 Å². The highest BCUT2D eigenvalue weighted by Crippen LogP contribution is 2.29. The standard InChI is InChI=1S/C18H23N5O2/c1-22-11-16(9-20-22)23-7-6-15(10-23)21-18(24)14-4-5-17(19-8-14)25-12-13-2-3-13/h4-5,8-9,11,13,15H,2-3,6-7,10,12H2,1H3,(H,21,24)/t15-/m1/s1. The highest BCUT2D eigenvalue weighted by atomic mass is 16.5. The number of hydrogen-bond donors (Lipinski definition) is 1. The molecule has 0 aromatic carbocycles. The fraction of sp³-hybridized carbons (Fsp3) is 0.500. The van der Waals surface area contributed by atoms with Gasteiger partial charge in [-0.1, -0.05) is 0 Å². The molecule has 7 nitrogen and oxygen atoms in total. The lowest BCUT2D eigenvalue weighted by Crippen LogP contribution is -2.37. The maximum absolute atomic E-state index is 12.4. The first-order valence-corrected chi connectivity index (χ1v) is 8.81. The van der Waals surface area contributed by atoms with Crippen molar-refractivity contribution in [1.82, 2.24) is 20.1 Å². The topological polar surface area (TPSA) is 72.3 Å². The van der Waals surface area contributed by atoms with E-state index in [0.717, 1.165) is 31.8 Å². The molecule has 4 rings (SSSR count). The van der Waals surface area contributed by atoms with Gasteiger partial charge in [-0.05, 0) is 31.2 Å². The second-order valence-corrected chi connectivity index (χ2v) is 6.92. The van der Waals surface area contributed by atoms with Gasteiger partial charge >= 0.3 is 0 Å². The van der Waals surface area contributed by atoms with E-state index < -0.39 is 0 Å². The summed E-state index contributed by atoms with van der Waals surface area (Å²) in [6.45, 7) is 2.45. The van der Waals surface area contributed by atoms with Crippen LogP contribution in [-0.4, -0.2) is 46.4 Å². The first kappa shape index (κ1) is 15.9. The fourth-order valence-corrected chi connectivity index (χ4v) is 3.04. The molecular weight excluding hydrogens is 318 g/mol. The molecule has 2 aromatic heterocycles. The Kier molecular flexibility index (Phi) is 4.29. The highest BCUT2D eigenvalue weighted by molar-refractivity contribution is 5.94. The van der Waals surface area contributed by atoms with Crippen molar-refractivity contribution < 1.29 is 9.53 Å². The van der Waals surface area contributed by atoms with Crippen molar-refractivity contribution in [2.24, 2.45) is 13.0 Å². The number of hydrogen-bond acceptors (Lipinski definition) is 5. The van der Waals surface area contributed by atoms with E-state index in [1.54, 1.807) is 23.0 Å². The van der Waals surface area contributed by atoms with Crippen LogP contribution < -0.4 is 15.0 Å².